The van der Waals surface area contributed by atoms with Crippen LogP contribution in [0.5, 0.6) is 0 Å². The van der Waals surface area contributed by atoms with Crippen molar-refractivity contribution >= 4 is 0 Å². The average Bonchev–Trinajstić information content (AvgIpc) is 2.42. The summed E-state index contributed by atoms with van der Waals surface area (Å²) in [5.74, 6) is 0. The molecule has 0 fully saturated rings. The Morgan fingerprint density at radius 2 is 2.00 bits per heavy atom. The second-order valence-corrected chi connectivity index (χ2v) is 4.52. The van der Waals surface area contributed by atoms with E-state index in [0.29, 0.717) is 12.2 Å². The van der Waals surface area contributed by atoms with E-state index in [-0.39, 0.29) is 5.43 Å². The van der Waals surface area contributed by atoms with E-state index < -0.39 is 0 Å². The molecule has 1 aromatic heterocycles. The Kier molecular flexibility index (Phi) is 4.47. The van der Waals surface area contributed by atoms with Crippen molar-refractivity contribution in [3.63, 3.8) is 0 Å². The molecule has 0 saturated carbocycles. The average molecular weight is 257 g/mol. The maximum atomic E-state index is 11.9. The number of aryl methyl sites for hydroxylation is 1. The smallest absolute Gasteiger partial charge is 0.204 e. The summed E-state index contributed by atoms with van der Waals surface area (Å²) >= 11 is 0. The predicted octanol–water partition coefficient (Wildman–Crippen LogP) is 2.04. The van der Waals surface area contributed by atoms with Crippen molar-refractivity contribution in [3.05, 3.63) is 58.0 Å². The number of hydrogen-bond acceptors (Lipinski definition) is 3. The summed E-state index contributed by atoms with van der Waals surface area (Å²) in [5.41, 5.74) is 2.36. The summed E-state index contributed by atoms with van der Waals surface area (Å²) in [6.45, 7) is 5.39. The summed E-state index contributed by atoms with van der Waals surface area (Å²) in [5, 5.41) is 7.67. The zero-order chi connectivity index (χ0) is 13.7. The quantitative estimate of drug-likeness (QED) is 0.834. The van der Waals surface area contributed by atoms with Gasteiger partial charge in [0.2, 0.25) is 5.43 Å². The van der Waals surface area contributed by atoms with Gasteiger partial charge in [-0.1, -0.05) is 25.1 Å². The van der Waals surface area contributed by atoms with Crippen molar-refractivity contribution in [1.29, 1.82) is 0 Å². The number of nitrogens with zero attached hydrogens (tertiary/aromatic N) is 2. The van der Waals surface area contributed by atoms with E-state index in [0.717, 1.165) is 24.3 Å². The number of hydrogen-bond donors (Lipinski definition) is 1. The predicted molar refractivity (Wildman–Crippen MR) is 76.6 cm³/mol. The first-order valence-corrected chi connectivity index (χ1v) is 6.58. The van der Waals surface area contributed by atoms with Gasteiger partial charge in [-0.05, 0) is 32.0 Å². The highest BCUT2D eigenvalue weighted by atomic mass is 16.1. The minimum absolute atomic E-state index is 0.00622. The highest BCUT2D eigenvalue weighted by molar-refractivity contribution is 5.32. The highest BCUT2D eigenvalue weighted by Crippen LogP contribution is 2.07. The SMILES string of the molecule is CCCNCc1nn(-c2ccccc2)c(C)cc1=O. The van der Waals surface area contributed by atoms with Crippen LogP contribution in [0.4, 0.5) is 0 Å². The van der Waals surface area contributed by atoms with Crippen LogP contribution in [0.2, 0.25) is 0 Å². The molecule has 1 aromatic carbocycles. The lowest BCUT2D eigenvalue weighted by molar-refractivity contribution is 0.637. The number of rotatable bonds is 5. The zero-order valence-electron chi connectivity index (χ0n) is 11.4. The van der Waals surface area contributed by atoms with Crippen molar-refractivity contribution in [2.24, 2.45) is 0 Å². The summed E-state index contributed by atoms with van der Waals surface area (Å²) in [6.07, 6.45) is 1.04. The fraction of sp³-hybridized carbons (Fsp3) is 0.333. The molecule has 2 rings (SSSR count). The molecule has 0 aliphatic rings. The molecule has 0 unspecified atom stereocenters. The van der Waals surface area contributed by atoms with Crippen LogP contribution in [-0.2, 0) is 6.54 Å². The molecular weight excluding hydrogens is 238 g/mol. The molecular formula is C15H19N3O. The maximum Gasteiger partial charge on any atom is 0.204 e. The molecule has 0 bridgehead atoms. The molecule has 19 heavy (non-hydrogen) atoms. The molecule has 100 valence electrons. The van der Waals surface area contributed by atoms with E-state index in [2.05, 4.69) is 17.3 Å². The summed E-state index contributed by atoms with van der Waals surface area (Å²) in [6, 6.07) is 11.5. The number of para-hydroxylation sites is 1. The van der Waals surface area contributed by atoms with Gasteiger partial charge in [-0.3, -0.25) is 4.79 Å². The van der Waals surface area contributed by atoms with Crippen molar-refractivity contribution in [3.8, 4) is 5.69 Å². The van der Waals surface area contributed by atoms with Gasteiger partial charge >= 0.3 is 0 Å². The molecule has 0 atom stereocenters. The first-order chi connectivity index (χ1) is 9.22. The van der Waals surface area contributed by atoms with Gasteiger partial charge in [-0.15, -0.1) is 0 Å². The van der Waals surface area contributed by atoms with Crippen LogP contribution in [0.1, 0.15) is 24.7 Å². The third-order valence-corrected chi connectivity index (χ3v) is 2.90. The lowest BCUT2D eigenvalue weighted by Gasteiger charge is -2.11. The van der Waals surface area contributed by atoms with E-state index >= 15 is 0 Å². The van der Waals surface area contributed by atoms with Gasteiger partial charge in [0.05, 0.1) is 5.69 Å². The Morgan fingerprint density at radius 3 is 2.68 bits per heavy atom. The molecule has 0 saturated heterocycles. The van der Waals surface area contributed by atoms with E-state index in [1.807, 2.05) is 41.9 Å². The summed E-state index contributed by atoms with van der Waals surface area (Å²) in [4.78, 5) is 11.9. The third-order valence-electron chi connectivity index (χ3n) is 2.90. The Labute approximate surface area is 113 Å². The maximum absolute atomic E-state index is 11.9. The zero-order valence-corrected chi connectivity index (χ0v) is 11.4. The summed E-state index contributed by atoms with van der Waals surface area (Å²) in [7, 11) is 0. The van der Waals surface area contributed by atoms with Gasteiger partial charge in [0.1, 0.15) is 5.69 Å². The van der Waals surface area contributed by atoms with Gasteiger partial charge in [0.25, 0.3) is 0 Å². The number of aromatic nitrogens is 2. The normalized spacial score (nSPS) is 10.6. The molecule has 0 radical (unpaired) electrons. The number of benzene rings is 1. The first-order valence-electron chi connectivity index (χ1n) is 6.58. The van der Waals surface area contributed by atoms with E-state index in [4.69, 9.17) is 0 Å². The first kappa shape index (κ1) is 13.5. The molecule has 4 heteroatoms. The van der Waals surface area contributed by atoms with Crippen molar-refractivity contribution in [2.75, 3.05) is 6.54 Å². The monoisotopic (exact) mass is 257 g/mol. The largest absolute Gasteiger partial charge is 0.311 e. The fourth-order valence-corrected chi connectivity index (χ4v) is 1.92. The Hall–Kier alpha value is -1.94. The van der Waals surface area contributed by atoms with Gasteiger partial charge in [-0.25, -0.2) is 4.68 Å². The van der Waals surface area contributed by atoms with Gasteiger partial charge in [0.15, 0.2) is 0 Å². The van der Waals surface area contributed by atoms with E-state index in [9.17, 15) is 4.79 Å². The molecule has 2 aromatic rings. The Bertz CT molecular complexity index is 590. The topological polar surface area (TPSA) is 46.9 Å². The van der Waals surface area contributed by atoms with Crippen LogP contribution in [0.15, 0.2) is 41.2 Å². The van der Waals surface area contributed by atoms with Crippen LogP contribution >= 0.6 is 0 Å². The molecule has 1 heterocycles. The molecule has 1 N–H and O–H groups in total. The number of nitrogens with one attached hydrogen (secondary N) is 1. The molecule has 0 aliphatic carbocycles. The van der Waals surface area contributed by atoms with Gasteiger partial charge < -0.3 is 5.32 Å². The Balaban J connectivity index is 2.34. The van der Waals surface area contributed by atoms with Crippen molar-refractivity contribution in [2.45, 2.75) is 26.8 Å². The second kappa shape index (κ2) is 6.29. The second-order valence-electron chi connectivity index (χ2n) is 4.52. The molecule has 0 amide bonds. The minimum Gasteiger partial charge on any atom is -0.311 e. The minimum atomic E-state index is -0.00622. The van der Waals surface area contributed by atoms with Crippen molar-refractivity contribution in [1.82, 2.24) is 15.1 Å². The molecule has 0 spiro atoms. The molecule has 0 aliphatic heterocycles. The van der Waals surface area contributed by atoms with E-state index in [1.165, 1.54) is 0 Å². The van der Waals surface area contributed by atoms with Crippen LogP contribution in [0.25, 0.3) is 5.69 Å². The Morgan fingerprint density at radius 1 is 1.26 bits per heavy atom. The van der Waals surface area contributed by atoms with Gasteiger partial charge in [-0.2, -0.15) is 5.10 Å². The highest BCUT2D eigenvalue weighted by Gasteiger charge is 2.06. The van der Waals surface area contributed by atoms with Crippen molar-refractivity contribution < 1.29 is 0 Å². The third kappa shape index (κ3) is 3.29. The van der Waals surface area contributed by atoms with E-state index in [1.54, 1.807) is 6.07 Å². The van der Waals surface area contributed by atoms with Crippen LogP contribution < -0.4 is 10.7 Å². The van der Waals surface area contributed by atoms with Gasteiger partial charge in [0, 0.05) is 18.3 Å². The van der Waals surface area contributed by atoms with Crippen LogP contribution in [0.3, 0.4) is 0 Å². The lowest BCUT2D eigenvalue weighted by Crippen LogP contribution is -2.25. The molecule has 4 nitrogen and oxygen atoms in total. The van der Waals surface area contributed by atoms with Crippen LogP contribution in [0, 0.1) is 6.92 Å². The standard InChI is InChI=1S/C15H19N3O/c1-3-9-16-11-14-15(19)10-12(2)18(17-14)13-7-5-4-6-8-13/h4-8,10,16H,3,9,11H2,1-2H3. The van der Waals surface area contributed by atoms with Crippen LogP contribution in [-0.4, -0.2) is 16.3 Å². The fourth-order valence-electron chi connectivity index (χ4n) is 1.92. The summed E-state index contributed by atoms with van der Waals surface area (Å²) < 4.78 is 1.81. The lowest BCUT2D eigenvalue weighted by atomic mass is 10.3.